The minimum atomic E-state index is -1.10. The fraction of sp³-hybridized carbons (Fsp3) is 0.667. The van der Waals surface area contributed by atoms with Crippen LogP contribution in [0, 0.1) is 5.92 Å². The molecule has 1 unspecified atom stereocenters. The van der Waals surface area contributed by atoms with Crippen LogP contribution in [0.5, 0.6) is 0 Å². The average Bonchev–Trinajstić information content (AvgIpc) is 2.98. The molecule has 0 spiro atoms. The van der Waals surface area contributed by atoms with Crippen molar-refractivity contribution in [3.05, 3.63) is 22.4 Å². The molecule has 1 fully saturated rings. The van der Waals surface area contributed by atoms with Crippen molar-refractivity contribution >= 4 is 17.2 Å². The highest BCUT2D eigenvalue weighted by atomic mass is 32.1. The third-order valence-electron chi connectivity index (χ3n) is 4.02. The Balaban J connectivity index is 1.73. The van der Waals surface area contributed by atoms with E-state index in [-0.39, 0.29) is 5.91 Å². The van der Waals surface area contributed by atoms with Crippen molar-refractivity contribution < 1.29 is 9.90 Å². The molecule has 0 saturated heterocycles. The molecule has 1 heterocycles. The Morgan fingerprint density at radius 1 is 1.45 bits per heavy atom. The molecule has 1 saturated carbocycles. The number of thiophene rings is 1. The van der Waals surface area contributed by atoms with E-state index < -0.39 is 12.1 Å². The van der Waals surface area contributed by atoms with Gasteiger partial charge in [-0.1, -0.05) is 38.2 Å². The highest BCUT2D eigenvalue weighted by Crippen LogP contribution is 2.27. The van der Waals surface area contributed by atoms with E-state index in [1.165, 1.54) is 32.1 Å². The van der Waals surface area contributed by atoms with Gasteiger partial charge in [-0.2, -0.15) is 0 Å². The van der Waals surface area contributed by atoms with Gasteiger partial charge in [0.25, 0.3) is 5.91 Å². The third kappa shape index (κ3) is 4.58. The first-order valence-electron chi connectivity index (χ1n) is 7.40. The van der Waals surface area contributed by atoms with Gasteiger partial charge in [-0.25, -0.2) is 0 Å². The lowest BCUT2D eigenvalue weighted by atomic mass is 9.84. The summed E-state index contributed by atoms with van der Waals surface area (Å²) in [6.07, 6.45) is 5.80. The number of carbonyl (C=O) groups excluding carboxylic acids is 1. The number of hydrogen-bond donors (Lipinski definition) is 3. The van der Waals surface area contributed by atoms with Crippen LogP contribution in [0.1, 0.15) is 43.4 Å². The summed E-state index contributed by atoms with van der Waals surface area (Å²) in [6, 6.07) is 3.44. The molecule has 2 rings (SSSR count). The number of aliphatic hydroxyl groups excluding tert-OH is 1. The van der Waals surface area contributed by atoms with Gasteiger partial charge in [0.1, 0.15) is 6.10 Å². The molecular formula is C15H24N2O2S. The zero-order valence-corrected chi connectivity index (χ0v) is 12.6. The number of aliphatic hydroxyl groups is 1. The van der Waals surface area contributed by atoms with Crippen molar-refractivity contribution in [1.29, 1.82) is 0 Å². The Hall–Kier alpha value is -0.910. The van der Waals surface area contributed by atoms with Crippen LogP contribution in [0.4, 0.5) is 0 Å². The molecule has 1 aromatic heterocycles. The normalized spacial score (nSPS) is 19.5. The highest BCUT2D eigenvalue weighted by molar-refractivity contribution is 7.09. The van der Waals surface area contributed by atoms with Crippen molar-refractivity contribution in [2.45, 2.75) is 57.2 Å². The molecule has 5 heteroatoms. The van der Waals surface area contributed by atoms with E-state index >= 15 is 0 Å². The van der Waals surface area contributed by atoms with E-state index in [9.17, 15) is 9.90 Å². The first kappa shape index (κ1) is 15.5. The molecule has 1 aliphatic rings. The van der Waals surface area contributed by atoms with Gasteiger partial charge < -0.3 is 16.2 Å². The van der Waals surface area contributed by atoms with Crippen LogP contribution in [-0.4, -0.2) is 23.2 Å². The Morgan fingerprint density at radius 2 is 2.20 bits per heavy atom. The molecule has 0 aliphatic heterocycles. The second-order valence-corrected chi connectivity index (χ2v) is 6.68. The Labute approximate surface area is 124 Å². The van der Waals surface area contributed by atoms with Crippen LogP contribution >= 0.6 is 11.3 Å². The van der Waals surface area contributed by atoms with Crippen molar-refractivity contribution in [3.63, 3.8) is 0 Å². The maximum absolute atomic E-state index is 11.9. The summed E-state index contributed by atoms with van der Waals surface area (Å²) in [5.74, 6) is 0.209. The van der Waals surface area contributed by atoms with Crippen molar-refractivity contribution in [1.82, 2.24) is 5.32 Å². The molecule has 2 atom stereocenters. The number of nitrogens with one attached hydrogen (secondary N) is 1. The Kier molecular flexibility index (Phi) is 6.01. The van der Waals surface area contributed by atoms with Crippen molar-refractivity contribution in [2.24, 2.45) is 11.7 Å². The van der Waals surface area contributed by atoms with Crippen molar-refractivity contribution in [3.8, 4) is 0 Å². The zero-order chi connectivity index (χ0) is 14.4. The summed E-state index contributed by atoms with van der Waals surface area (Å²) >= 11 is 1.59. The van der Waals surface area contributed by atoms with Gasteiger partial charge >= 0.3 is 0 Å². The van der Waals surface area contributed by atoms with Crippen LogP contribution in [0.15, 0.2) is 17.5 Å². The summed E-state index contributed by atoms with van der Waals surface area (Å²) < 4.78 is 0. The first-order chi connectivity index (χ1) is 9.66. The van der Waals surface area contributed by atoms with Crippen LogP contribution in [-0.2, 0) is 11.3 Å². The fourth-order valence-corrected chi connectivity index (χ4v) is 3.47. The van der Waals surface area contributed by atoms with Crippen molar-refractivity contribution in [2.75, 3.05) is 0 Å². The summed E-state index contributed by atoms with van der Waals surface area (Å²) in [7, 11) is 0. The molecule has 0 bridgehead atoms. The van der Waals surface area contributed by atoms with Gasteiger partial charge in [-0.05, 0) is 23.8 Å². The standard InChI is InChI=1S/C15H24N2O2S/c16-13(9-11-5-2-1-3-6-11)14(18)15(19)17-10-12-7-4-8-20-12/h4,7-8,11,13-14,18H,1-3,5-6,9-10,16H2,(H,17,19)/t13-,14?/m1/s1. The molecule has 20 heavy (non-hydrogen) atoms. The monoisotopic (exact) mass is 296 g/mol. The van der Waals surface area contributed by atoms with E-state index in [1.54, 1.807) is 11.3 Å². The predicted octanol–water partition coefficient (Wildman–Crippen LogP) is 2.02. The number of amides is 1. The molecule has 4 nitrogen and oxygen atoms in total. The minimum Gasteiger partial charge on any atom is -0.382 e. The molecule has 1 aromatic rings. The number of hydrogen-bond acceptors (Lipinski definition) is 4. The smallest absolute Gasteiger partial charge is 0.250 e. The predicted molar refractivity (Wildman–Crippen MR) is 81.3 cm³/mol. The van der Waals surface area contributed by atoms with Gasteiger partial charge in [0, 0.05) is 10.9 Å². The largest absolute Gasteiger partial charge is 0.382 e. The lowest BCUT2D eigenvalue weighted by Gasteiger charge is -2.26. The second-order valence-electron chi connectivity index (χ2n) is 5.65. The van der Waals surface area contributed by atoms with Crippen LogP contribution in [0.25, 0.3) is 0 Å². The van der Waals surface area contributed by atoms with Crippen LogP contribution in [0.3, 0.4) is 0 Å². The number of carbonyl (C=O) groups is 1. The number of rotatable bonds is 6. The van der Waals surface area contributed by atoms with Gasteiger partial charge in [0.2, 0.25) is 0 Å². The van der Waals surface area contributed by atoms with Crippen LogP contribution < -0.4 is 11.1 Å². The quantitative estimate of drug-likeness (QED) is 0.752. The SMILES string of the molecule is N[C@H](CC1CCCCC1)C(O)C(=O)NCc1cccs1. The first-order valence-corrected chi connectivity index (χ1v) is 8.28. The summed E-state index contributed by atoms with van der Waals surface area (Å²) in [4.78, 5) is 13.0. The van der Waals surface area contributed by atoms with E-state index in [4.69, 9.17) is 5.73 Å². The van der Waals surface area contributed by atoms with Gasteiger partial charge in [-0.15, -0.1) is 11.3 Å². The Bertz CT molecular complexity index is 402. The molecule has 1 amide bonds. The van der Waals surface area contributed by atoms with E-state index in [0.29, 0.717) is 12.5 Å². The third-order valence-corrected chi connectivity index (χ3v) is 4.90. The second kappa shape index (κ2) is 7.76. The summed E-state index contributed by atoms with van der Waals surface area (Å²) in [6.45, 7) is 0.462. The summed E-state index contributed by atoms with van der Waals surface area (Å²) in [5.41, 5.74) is 5.99. The molecule has 112 valence electrons. The zero-order valence-electron chi connectivity index (χ0n) is 11.8. The average molecular weight is 296 g/mol. The van der Waals surface area contributed by atoms with Gasteiger partial charge in [0.05, 0.1) is 6.54 Å². The molecule has 0 aromatic carbocycles. The topological polar surface area (TPSA) is 75.3 Å². The van der Waals surface area contributed by atoms with Gasteiger partial charge in [-0.3, -0.25) is 4.79 Å². The van der Waals surface area contributed by atoms with Crippen LogP contribution in [0.2, 0.25) is 0 Å². The minimum absolute atomic E-state index is 0.360. The fourth-order valence-electron chi connectivity index (χ4n) is 2.82. The van der Waals surface area contributed by atoms with E-state index in [2.05, 4.69) is 5.32 Å². The molecule has 0 radical (unpaired) electrons. The Morgan fingerprint density at radius 3 is 2.85 bits per heavy atom. The van der Waals surface area contributed by atoms with E-state index in [1.807, 2.05) is 17.5 Å². The number of nitrogens with two attached hydrogens (primary N) is 1. The maximum Gasteiger partial charge on any atom is 0.250 e. The molecule has 4 N–H and O–H groups in total. The van der Waals surface area contributed by atoms with Gasteiger partial charge in [0.15, 0.2) is 0 Å². The molecular weight excluding hydrogens is 272 g/mol. The lowest BCUT2D eigenvalue weighted by molar-refractivity contribution is -0.130. The van der Waals surface area contributed by atoms with E-state index in [0.717, 1.165) is 11.3 Å². The maximum atomic E-state index is 11.9. The summed E-state index contributed by atoms with van der Waals surface area (Å²) in [5, 5.41) is 14.7. The molecule has 1 aliphatic carbocycles. The lowest BCUT2D eigenvalue weighted by Crippen LogP contribution is -2.47. The highest BCUT2D eigenvalue weighted by Gasteiger charge is 2.26.